The van der Waals surface area contributed by atoms with E-state index in [1.165, 1.54) is 41.5 Å². The molecule has 4 aromatic rings. The summed E-state index contributed by atoms with van der Waals surface area (Å²) >= 11 is 1.35. The van der Waals surface area contributed by atoms with Gasteiger partial charge in [0.1, 0.15) is 11.5 Å². The predicted octanol–water partition coefficient (Wildman–Crippen LogP) is 6.59. The molecule has 1 atom stereocenters. The Labute approximate surface area is 225 Å². The Hall–Kier alpha value is -4.04. The Morgan fingerprint density at radius 3 is 2.53 bits per heavy atom. The number of rotatable bonds is 9. The monoisotopic (exact) mass is 527 g/mol. The van der Waals surface area contributed by atoms with Gasteiger partial charge in [-0.05, 0) is 60.9 Å². The van der Waals surface area contributed by atoms with Gasteiger partial charge in [-0.2, -0.15) is 0 Å². The number of nitrogens with zero attached hydrogens (tertiary/aromatic N) is 3. The van der Waals surface area contributed by atoms with Crippen molar-refractivity contribution in [2.24, 2.45) is 0 Å². The van der Waals surface area contributed by atoms with Crippen molar-refractivity contribution in [3.8, 4) is 5.75 Å². The number of hydrogen-bond acceptors (Lipinski definition) is 7. The number of aliphatic hydroxyl groups excluding tert-OH is 1. The number of pyridine rings is 1. The molecule has 1 N–H and O–H groups in total. The Kier molecular flexibility index (Phi) is 7.51. The Balaban J connectivity index is 1.55. The third-order valence-corrected chi connectivity index (χ3v) is 7.62. The first-order valence-electron chi connectivity index (χ1n) is 12.8. The molecule has 1 unspecified atom stereocenters. The summed E-state index contributed by atoms with van der Waals surface area (Å²) in [6.07, 6.45) is 7.52. The average molecular weight is 528 g/mol. The minimum atomic E-state index is -0.844. The van der Waals surface area contributed by atoms with Crippen LogP contribution >= 0.6 is 11.3 Å². The molecule has 38 heavy (non-hydrogen) atoms. The van der Waals surface area contributed by atoms with Gasteiger partial charge in [0.25, 0.3) is 5.78 Å². The number of hydrogen-bond donors (Lipinski definition) is 1. The van der Waals surface area contributed by atoms with Crippen LogP contribution in [0.1, 0.15) is 55.3 Å². The molecule has 194 valence electrons. The highest BCUT2D eigenvalue weighted by Gasteiger charge is 2.48. The first-order chi connectivity index (χ1) is 18.5. The molecule has 1 amide bonds. The largest absolute Gasteiger partial charge is 0.507 e. The molecule has 2 aromatic carbocycles. The number of thiazole rings is 1. The van der Waals surface area contributed by atoms with E-state index in [0.29, 0.717) is 28.6 Å². The smallest absolute Gasteiger partial charge is 0.301 e. The van der Waals surface area contributed by atoms with Crippen LogP contribution in [0.2, 0.25) is 0 Å². The van der Waals surface area contributed by atoms with Gasteiger partial charge in [0.05, 0.1) is 28.4 Å². The van der Waals surface area contributed by atoms with Crippen LogP contribution in [0.3, 0.4) is 0 Å². The SMILES string of the molecule is CCCCCCOc1ccc(C2/C(=C(\O)c3ccncc3)C(=O)C(=O)N2c2nc3ccc(C)cc3s2)cc1. The molecule has 5 rings (SSSR count). The number of ether oxygens (including phenoxy) is 1. The van der Waals surface area contributed by atoms with E-state index in [0.717, 1.165) is 28.6 Å². The summed E-state index contributed by atoms with van der Waals surface area (Å²) in [6, 6.07) is 15.6. The van der Waals surface area contributed by atoms with Crippen molar-refractivity contribution in [3.05, 3.63) is 89.3 Å². The van der Waals surface area contributed by atoms with Crippen LogP contribution in [0.25, 0.3) is 16.0 Å². The number of fused-ring (bicyclic) bond motifs is 1. The van der Waals surface area contributed by atoms with Crippen molar-refractivity contribution in [2.45, 2.75) is 45.6 Å². The summed E-state index contributed by atoms with van der Waals surface area (Å²) in [6.45, 7) is 4.80. The second-order valence-corrected chi connectivity index (χ2v) is 10.4. The molecule has 2 aromatic heterocycles. The van der Waals surface area contributed by atoms with E-state index >= 15 is 0 Å². The number of anilines is 1. The number of ketones is 1. The maximum Gasteiger partial charge on any atom is 0.301 e. The lowest BCUT2D eigenvalue weighted by Crippen LogP contribution is -2.29. The van der Waals surface area contributed by atoms with Gasteiger partial charge in [-0.1, -0.05) is 55.7 Å². The second kappa shape index (κ2) is 11.1. The quantitative estimate of drug-likeness (QED) is 0.114. The zero-order valence-electron chi connectivity index (χ0n) is 21.4. The molecule has 0 aliphatic carbocycles. The van der Waals surface area contributed by atoms with Crippen LogP contribution in [0, 0.1) is 6.92 Å². The highest BCUT2D eigenvalue weighted by atomic mass is 32.1. The lowest BCUT2D eigenvalue weighted by atomic mass is 9.95. The van der Waals surface area contributed by atoms with Crippen LogP contribution in [0.4, 0.5) is 5.13 Å². The van der Waals surface area contributed by atoms with Crippen LogP contribution in [0.15, 0.2) is 72.6 Å². The lowest BCUT2D eigenvalue weighted by molar-refractivity contribution is -0.132. The molecule has 1 aliphatic rings. The van der Waals surface area contributed by atoms with E-state index in [1.807, 2.05) is 49.4 Å². The highest BCUT2D eigenvalue weighted by Crippen LogP contribution is 2.44. The lowest BCUT2D eigenvalue weighted by Gasteiger charge is -2.23. The number of benzene rings is 2. The molecule has 1 fully saturated rings. The standard InChI is InChI=1S/C30H29N3O4S/c1-3-4-5-6-17-37-22-10-8-20(9-11-22)26-25(27(34)21-13-15-31-16-14-21)28(35)29(36)33(26)30-32-23-12-7-19(2)18-24(23)38-30/h7-16,18,26,34H,3-6,17H2,1-2H3/b27-25+. The van der Waals surface area contributed by atoms with Gasteiger partial charge in [0.2, 0.25) is 0 Å². The summed E-state index contributed by atoms with van der Waals surface area (Å²) in [5.41, 5.74) is 2.93. The zero-order chi connectivity index (χ0) is 26.6. The molecule has 8 heteroatoms. The fraction of sp³-hybridized carbons (Fsp3) is 0.267. The minimum absolute atomic E-state index is 0.0184. The van der Waals surface area contributed by atoms with Gasteiger partial charge in [-0.3, -0.25) is 19.5 Å². The average Bonchev–Trinajstić information content (AvgIpc) is 3.46. The number of Topliss-reactive ketones (excluding diaryl/α,β-unsaturated/α-hetero) is 1. The summed E-state index contributed by atoms with van der Waals surface area (Å²) in [7, 11) is 0. The predicted molar refractivity (Wildman–Crippen MR) is 149 cm³/mol. The van der Waals surface area contributed by atoms with E-state index in [-0.39, 0.29) is 11.3 Å². The van der Waals surface area contributed by atoms with E-state index in [4.69, 9.17) is 4.74 Å². The van der Waals surface area contributed by atoms with Crippen molar-refractivity contribution in [1.29, 1.82) is 0 Å². The highest BCUT2D eigenvalue weighted by molar-refractivity contribution is 7.22. The molecule has 1 saturated heterocycles. The van der Waals surface area contributed by atoms with Crippen molar-refractivity contribution in [2.75, 3.05) is 11.5 Å². The van der Waals surface area contributed by atoms with Crippen LogP contribution < -0.4 is 9.64 Å². The maximum atomic E-state index is 13.4. The van der Waals surface area contributed by atoms with Gasteiger partial charge in [0.15, 0.2) is 5.13 Å². The zero-order valence-corrected chi connectivity index (χ0v) is 22.2. The normalized spacial score (nSPS) is 16.9. The van der Waals surface area contributed by atoms with Gasteiger partial charge in [-0.25, -0.2) is 4.98 Å². The summed E-state index contributed by atoms with van der Waals surface area (Å²) in [5, 5.41) is 11.6. The fourth-order valence-corrected chi connectivity index (χ4v) is 5.69. The van der Waals surface area contributed by atoms with E-state index in [2.05, 4.69) is 16.9 Å². The maximum absolute atomic E-state index is 13.4. The number of carbonyl (C=O) groups is 2. The van der Waals surface area contributed by atoms with Gasteiger partial charge < -0.3 is 9.84 Å². The van der Waals surface area contributed by atoms with Crippen LogP contribution in [0.5, 0.6) is 5.75 Å². The first kappa shape index (κ1) is 25.6. The van der Waals surface area contributed by atoms with Gasteiger partial charge in [0, 0.05) is 18.0 Å². The summed E-state index contributed by atoms with van der Waals surface area (Å²) in [5.74, 6) is -1.01. The number of amides is 1. The topological polar surface area (TPSA) is 92.6 Å². The molecule has 0 saturated carbocycles. The molecule has 1 aliphatic heterocycles. The Morgan fingerprint density at radius 1 is 1.03 bits per heavy atom. The third-order valence-electron chi connectivity index (χ3n) is 6.60. The van der Waals surface area contributed by atoms with E-state index in [1.54, 1.807) is 12.1 Å². The number of unbranched alkanes of at least 4 members (excludes halogenated alkanes) is 3. The van der Waals surface area contributed by atoms with Crippen molar-refractivity contribution in [1.82, 2.24) is 9.97 Å². The third kappa shape index (κ3) is 5.04. The molecular weight excluding hydrogens is 498 g/mol. The number of carbonyl (C=O) groups excluding carboxylic acids is 2. The summed E-state index contributed by atoms with van der Waals surface area (Å²) < 4.78 is 6.81. The summed E-state index contributed by atoms with van der Waals surface area (Å²) in [4.78, 5) is 36.9. The molecule has 7 nitrogen and oxygen atoms in total. The van der Waals surface area contributed by atoms with Gasteiger partial charge in [-0.15, -0.1) is 0 Å². The second-order valence-electron chi connectivity index (χ2n) is 9.35. The number of aryl methyl sites for hydroxylation is 1. The molecule has 0 spiro atoms. The van der Waals surface area contributed by atoms with Gasteiger partial charge >= 0.3 is 5.91 Å². The number of aliphatic hydroxyl groups is 1. The van der Waals surface area contributed by atoms with E-state index in [9.17, 15) is 14.7 Å². The van der Waals surface area contributed by atoms with Crippen molar-refractivity contribution >= 4 is 44.1 Å². The molecule has 0 bridgehead atoms. The van der Waals surface area contributed by atoms with Crippen LogP contribution in [-0.2, 0) is 9.59 Å². The van der Waals surface area contributed by atoms with Crippen molar-refractivity contribution in [3.63, 3.8) is 0 Å². The molecule has 0 radical (unpaired) electrons. The number of aromatic nitrogens is 2. The fourth-order valence-electron chi connectivity index (χ4n) is 4.60. The Morgan fingerprint density at radius 2 is 1.79 bits per heavy atom. The van der Waals surface area contributed by atoms with E-state index < -0.39 is 17.7 Å². The minimum Gasteiger partial charge on any atom is -0.507 e. The molecule has 3 heterocycles. The first-order valence-corrected chi connectivity index (χ1v) is 13.6. The Bertz CT molecular complexity index is 1500. The molecular formula is C30H29N3O4S. The van der Waals surface area contributed by atoms with Crippen molar-refractivity contribution < 1.29 is 19.4 Å². The van der Waals surface area contributed by atoms with Crippen LogP contribution in [-0.4, -0.2) is 33.4 Å².